The molecule has 4 atom stereocenters. The van der Waals surface area contributed by atoms with Crippen LogP contribution in [0.1, 0.15) is 25.0 Å². The summed E-state index contributed by atoms with van der Waals surface area (Å²) in [7, 11) is 0. The van der Waals surface area contributed by atoms with E-state index < -0.39 is 6.10 Å². The van der Waals surface area contributed by atoms with Gasteiger partial charge in [0, 0.05) is 12.0 Å². The van der Waals surface area contributed by atoms with Gasteiger partial charge in [-0.1, -0.05) is 0 Å². The minimum atomic E-state index is -0.728. The fourth-order valence-electron chi connectivity index (χ4n) is 2.42. The first-order valence-electron chi connectivity index (χ1n) is 6.04. The summed E-state index contributed by atoms with van der Waals surface area (Å²) in [6.45, 7) is 2.28. The summed E-state index contributed by atoms with van der Waals surface area (Å²) >= 11 is 0. The molecule has 0 spiro atoms. The molecule has 0 radical (unpaired) electrons. The van der Waals surface area contributed by atoms with Crippen molar-refractivity contribution >= 4 is 0 Å². The zero-order valence-electron chi connectivity index (χ0n) is 10.0. The number of fused-ring (bicyclic) bond motifs is 1. The second-order valence-corrected chi connectivity index (χ2v) is 4.67. The van der Waals surface area contributed by atoms with Crippen molar-refractivity contribution in [1.82, 2.24) is 0 Å². The van der Waals surface area contributed by atoms with Gasteiger partial charge in [0.25, 0.3) is 0 Å². The third kappa shape index (κ3) is 2.09. The maximum atomic E-state index is 13.1. The molecule has 4 nitrogen and oxygen atoms in total. The SMILES string of the molecule is CC1OC[C@@H]([C@@H]2C[C@@H](O)c3cc(F)ccc3O2)O1. The molecule has 3 rings (SSSR count). The van der Waals surface area contributed by atoms with Crippen molar-refractivity contribution in [2.45, 2.75) is 37.9 Å². The summed E-state index contributed by atoms with van der Waals surface area (Å²) in [6.07, 6.45) is -1.04. The van der Waals surface area contributed by atoms with Crippen LogP contribution in [-0.2, 0) is 9.47 Å². The van der Waals surface area contributed by atoms with Gasteiger partial charge in [0.1, 0.15) is 23.8 Å². The van der Waals surface area contributed by atoms with Gasteiger partial charge < -0.3 is 19.3 Å². The maximum absolute atomic E-state index is 13.1. The minimum Gasteiger partial charge on any atom is -0.487 e. The summed E-state index contributed by atoms with van der Waals surface area (Å²) < 4.78 is 29.7. The van der Waals surface area contributed by atoms with Gasteiger partial charge in [0.05, 0.1) is 12.7 Å². The summed E-state index contributed by atoms with van der Waals surface area (Å²) in [6, 6.07) is 4.17. The minimum absolute atomic E-state index is 0.187. The largest absolute Gasteiger partial charge is 0.487 e. The molecule has 0 aromatic heterocycles. The van der Waals surface area contributed by atoms with Crippen LogP contribution in [0.15, 0.2) is 18.2 Å². The summed E-state index contributed by atoms with van der Waals surface area (Å²) in [5, 5.41) is 10.0. The van der Waals surface area contributed by atoms with Crippen molar-refractivity contribution in [2.24, 2.45) is 0 Å². The van der Waals surface area contributed by atoms with E-state index in [-0.39, 0.29) is 24.3 Å². The van der Waals surface area contributed by atoms with Crippen LogP contribution in [0.25, 0.3) is 0 Å². The van der Waals surface area contributed by atoms with Crippen molar-refractivity contribution in [3.05, 3.63) is 29.6 Å². The molecule has 0 bridgehead atoms. The van der Waals surface area contributed by atoms with Crippen LogP contribution >= 0.6 is 0 Å². The Kier molecular flexibility index (Phi) is 2.97. The van der Waals surface area contributed by atoms with E-state index in [1.807, 2.05) is 6.92 Å². The highest BCUT2D eigenvalue weighted by molar-refractivity contribution is 5.37. The number of halogens is 1. The molecule has 1 aromatic carbocycles. The second-order valence-electron chi connectivity index (χ2n) is 4.67. The van der Waals surface area contributed by atoms with E-state index in [2.05, 4.69) is 0 Å². The highest BCUT2D eigenvalue weighted by atomic mass is 19.1. The average molecular weight is 254 g/mol. The Bertz CT molecular complexity index is 451. The lowest BCUT2D eigenvalue weighted by Crippen LogP contribution is -2.38. The molecule has 1 saturated heterocycles. The van der Waals surface area contributed by atoms with Crippen LogP contribution in [0, 0.1) is 5.82 Å². The third-order valence-corrected chi connectivity index (χ3v) is 3.34. The van der Waals surface area contributed by atoms with Crippen LogP contribution in [0.3, 0.4) is 0 Å². The fraction of sp³-hybridized carbons (Fsp3) is 0.538. The molecule has 98 valence electrons. The van der Waals surface area contributed by atoms with Gasteiger partial charge in [0.2, 0.25) is 0 Å². The summed E-state index contributed by atoms with van der Waals surface area (Å²) in [4.78, 5) is 0. The molecule has 0 amide bonds. The molecule has 5 heteroatoms. The van der Waals surface area contributed by atoms with Crippen molar-refractivity contribution < 1.29 is 23.7 Å². The van der Waals surface area contributed by atoms with Gasteiger partial charge in [-0.25, -0.2) is 4.39 Å². The molecule has 1 aromatic rings. The molecule has 18 heavy (non-hydrogen) atoms. The number of hydrogen-bond acceptors (Lipinski definition) is 4. The molecule has 0 aliphatic carbocycles. The zero-order valence-corrected chi connectivity index (χ0v) is 10.0. The first-order valence-corrected chi connectivity index (χ1v) is 6.04. The Morgan fingerprint density at radius 2 is 2.17 bits per heavy atom. The average Bonchev–Trinajstić information content (AvgIpc) is 2.77. The Hall–Kier alpha value is -1.17. The second kappa shape index (κ2) is 4.50. The van der Waals surface area contributed by atoms with E-state index in [1.165, 1.54) is 12.1 Å². The molecule has 1 fully saturated rings. The number of aliphatic hydroxyl groups excluding tert-OH is 1. The normalized spacial score (nSPS) is 35.1. The fourth-order valence-corrected chi connectivity index (χ4v) is 2.42. The molecule has 1 unspecified atom stereocenters. The number of rotatable bonds is 1. The van der Waals surface area contributed by atoms with Crippen LogP contribution in [0.2, 0.25) is 0 Å². The van der Waals surface area contributed by atoms with Crippen LogP contribution in [-0.4, -0.2) is 30.2 Å². The van der Waals surface area contributed by atoms with Crippen LogP contribution in [0.4, 0.5) is 4.39 Å². The lowest BCUT2D eigenvalue weighted by atomic mass is 9.96. The molecule has 1 N–H and O–H groups in total. The van der Waals surface area contributed by atoms with E-state index in [4.69, 9.17) is 14.2 Å². The smallest absolute Gasteiger partial charge is 0.155 e. The highest BCUT2D eigenvalue weighted by Gasteiger charge is 2.37. The van der Waals surface area contributed by atoms with Crippen molar-refractivity contribution in [3.8, 4) is 5.75 Å². The molecular formula is C13H15FO4. The van der Waals surface area contributed by atoms with Gasteiger partial charge in [-0.2, -0.15) is 0 Å². The van der Waals surface area contributed by atoms with Gasteiger partial charge in [-0.15, -0.1) is 0 Å². The number of aliphatic hydroxyl groups is 1. The predicted molar refractivity (Wildman–Crippen MR) is 60.7 cm³/mol. The predicted octanol–water partition coefficient (Wildman–Crippen LogP) is 1.77. The van der Waals surface area contributed by atoms with Crippen LogP contribution in [0.5, 0.6) is 5.75 Å². The molecule has 2 heterocycles. The quantitative estimate of drug-likeness (QED) is 0.829. The van der Waals surface area contributed by atoms with Gasteiger partial charge in [0.15, 0.2) is 6.29 Å². The Morgan fingerprint density at radius 1 is 1.33 bits per heavy atom. The Morgan fingerprint density at radius 3 is 2.89 bits per heavy atom. The molecule has 2 aliphatic rings. The van der Waals surface area contributed by atoms with E-state index in [0.717, 1.165) is 0 Å². The van der Waals surface area contributed by atoms with Crippen molar-refractivity contribution in [3.63, 3.8) is 0 Å². The van der Waals surface area contributed by atoms with E-state index in [9.17, 15) is 9.50 Å². The van der Waals surface area contributed by atoms with Gasteiger partial charge in [-0.05, 0) is 25.1 Å². The van der Waals surface area contributed by atoms with E-state index in [0.29, 0.717) is 24.3 Å². The van der Waals surface area contributed by atoms with Crippen molar-refractivity contribution in [1.29, 1.82) is 0 Å². The lowest BCUT2D eigenvalue weighted by Gasteiger charge is -2.32. The standard InChI is InChI=1S/C13H15FO4/c1-7-16-6-13(17-7)12-5-10(15)9-4-8(14)2-3-11(9)18-12/h2-4,7,10,12-13,15H,5-6H2,1H3/t7?,10-,12+,13+/m1/s1. The van der Waals surface area contributed by atoms with E-state index in [1.54, 1.807) is 6.07 Å². The molecular weight excluding hydrogens is 239 g/mol. The zero-order chi connectivity index (χ0) is 12.7. The molecule has 2 aliphatic heterocycles. The topological polar surface area (TPSA) is 47.9 Å². The third-order valence-electron chi connectivity index (χ3n) is 3.34. The van der Waals surface area contributed by atoms with Gasteiger partial charge in [-0.3, -0.25) is 0 Å². The number of hydrogen-bond donors (Lipinski definition) is 1. The summed E-state index contributed by atoms with van der Waals surface area (Å²) in [5.74, 6) is 0.146. The number of ether oxygens (including phenoxy) is 3. The first-order chi connectivity index (χ1) is 8.63. The monoisotopic (exact) mass is 254 g/mol. The van der Waals surface area contributed by atoms with Crippen molar-refractivity contribution in [2.75, 3.05) is 6.61 Å². The molecule has 0 saturated carbocycles. The number of benzene rings is 1. The van der Waals surface area contributed by atoms with E-state index >= 15 is 0 Å². The van der Waals surface area contributed by atoms with Crippen LogP contribution < -0.4 is 4.74 Å². The maximum Gasteiger partial charge on any atom is 0.155 e. The van der Waals surface area contributed by atoms with Gasteiger partial charge >= 0.3 is 0 Å². The summed E-state index contributed by atoms with van der Waals surface area (Å²) in [5.41, 5.74) is 0.498. The Labute approximate surface area is 104 Å². The first kappa shape index (κ1) is 11.9. The lowest BCUT2D eigenvalue weighted by molar-refractivity contribution is -0.0751. The Balaban J connectivity index is 1.81. The highest BCUT2D eigenvalue weighted by Crippen LogP contribution is 2.37.